The Hall–Kier alpha value is -1.76. The van der Waals surface area contributed by atoms with Gasteiger partial charge in [0, 0.05) is 32.0 Å². The van der Waals surface area contributed by atoms with Crippen LogP contribution in [0.1, 0.15) is 22.0 Å². The first-order chi connectivity index (χ1) is 11.1. The molecule has 0 saturated carbocycles. The van der Waals surface area contributed by atoms with E-state index in [-0.39, 0.29) is 29.0 Å². The van der Waals surface area contributed by atoms with Crippen molar-refractivity contribution in [2.24, 2.45) is 0 Å². The molecule has 4 nitrogen and oxygen atoms in total. The number of rotatable bonds is 2. The van der Waals surface area contributed by atoms with Gasteiger partial charge in [0.05, 0.1) is 16.6 Å². The van der Waals surface area contributed by atoms with Crippen molar-refractivity contribution in [3.8, 4) is 0 Å². The fourth-order valence-electron chi connectivity index (χ4n) is 2.66. The zero-order valence-electron chi connectivity index (χ0n) is 12.5. The number of piperazine rings is 1. The van der Waals surface area contributed by atoms with Crippen molar-refractivity contribution in [2.45, 2.75) is 6.04 Å². The molecule has 1 aliphatic heterocycles. The van der Waals surface area contributed by atoms with E-state index in [9.17, 15) is 13.6 Å². The largest absolute Gasteiger partial charge is 0.329 e. The maximum absolute atomic E-state index is 13.5. The number of amides is 1. The molecule has 128 valence electrons. The summed E-state index contributed by atoms with van der Waals surface area (Å²) in [6.45, 7) is 1.61. The molecule has 24 heavy (non-hydrogen) atoms. The zero-order chi connectivity index (χ0) is 16.4. The highest BCUT2D eigenvalue weighted by Gasteiger charge is 2.30. The number of benzene rings is 1. The molecule has 0 radical (unpaired) electrons. The predicted octanol–water partition coefficient (Wildman–Crippen LogP) is 3.22. The van der Waals surface area contributed by atoms with E-state index in [1.165, 1.54) is 0 Å². The highest BCUT2D eigenvalue weighted by atomic mass is 35.5. The quantitative estimate of drug-likeness (QED) is 0.822. The Bertz CT molecular complexity index is 731. The van der Waals surface area contributed by atoms with Crippen LogP contribution in [0, 0.1) is 11.6 Å². The van der Waals surface area contributed by atoms with E-state index >= 15 is 0 Å². The Balaban J connectivity index is 0.00000208. The van der Waals surface area contributed by atoms with Gasteiger partial charge in [-0.05, 0) is 23.8 Å². The molecule has 2 aromatic rings. The number of carbonyl (C=O) groups excluding carboxylic acids is 1. The highest BCUT2D eigenvalue weighted by molar-refractivity contribution is 6.33. The van der Waals surface area contributed by atoms with Gasteiger partial charge in [-0.1, -0.05) is 17.7 Å². The van der Waals surface area contributed by atoms with Crippen LogP contribution in [0.25, 0.3) is 0 Å². The molecule has 1 atom stereocenters. The van der Waals surface area contributed by atoms with E-state index in [0.717, 1.165) is 17.7 Å². The van der Waals surface area contributed by atoms with Crippen molar-refractivity contribution in [2.75, 3.05) is 19.6 Å². The standard InChI is InChI=1S/C16H14ClF2N3O.ClH/c17-12-7-14(19)13(18)6-11(12)16(23)22-5-4-21-9-15(22)10-2-1-3-20-8-10;/h1-3,6-8,15,21H,4-5,9H2;1H. The summed E-state index contributed by atoms with van der Waals surface area (Å²) in [5, 5.41) is 3.12. The summed E-state index contributed by atoms with van der Waals surface area (Å²) in [6.07, 6.45) is 3.34. The third-order valence-electron chi connectivity index (χ3n) is 3.81. The minimum Gasteiger partial charge on any atom is -0.329 e. The lowest BCUT2D eigenvalue weighted by Gasteiger charge is -2.36. The van der Waals surface area contributed by atoms with Crippen molar-refractivity contribution in [1.82, 2.24) is 15.2 Å². The van der Waals surface area contributed by atoms with Crippen molar-refractivity contribution in [3.63, 3.8) is 0 Å². The molecule has 1 fully saturated rings. The smallest absolute Gasteiger partial charge is 0.256 e. The number of pyridine rings is 1. The van der Waals surface area contributed by atoms with E-state index in [2.05, 4.69) is 10.3 Å². The molecule has 1 N–H and O–H groups in total. The normalized spacial score (nSPS) is 17.3. The Kier molecular flexibility index (Phi) is 6.10. The third kappa shape index (κ3) is 3.66. The van der Waals surface area contributed by atoms with Gasteiger partial charge in [0.15, 0.2) is 11.6 Å². The van der Waals surface area contributed by atoms with Crippen molar-refractivity contribution in [3.05, 3.63) is 64.4 Å². The fourth-order valence-corrected chi connectivity index (χ4v) is 2.89. The lowest BCUT2D eigenvalue weighted by atomic mass is 10.0. The average Bonchev–Trinajstić information content (AvgIpc) is 2.58. The molecule has 1 unspecified atom stereocenters. The maximum atomic E-state index is 13.5. The second-order valence-corrected chi connectivity index (χ2v) is 5.66. The van der Waals surface area contributed by atoms with Crippen molar-refractivity contribution in [1.29, 1.82) is 0 Å². The predicted molar refractivity (Wildman–Crippen MR) is 89.5 cm³/mol. The Morgan fingerprint density at radius 1 is 1.33 bits per heavy atom. The number of nitrogens with zero attached hydrogens (tertiary/aromatic N) is 2. The summed E-state index contributed by atoms with van der Waals surface area (Å²) in [5.41, 5.74) is 0.827. The first-order valence-corrected chi connectivity index (χ1v) is 7.52. The van der Waals surface area contributed by atoms with Gasteiger partial charge in [-0.3, -0.25) is 9.78 Å². The molecule has 1 saturated heterocycles. The molecule has 1 aromatic carbocycles. The van der Waals surface area contributed by atoms with E-state index in [4.69, 9.17) is 11.6 Å². The zero-order valence-corrected chi connectivity index (χ0v) is 14.1. The van der Waals surface area contributed by atoms with Crippen LogP contribution in [0.3, 0.4) is 0 Å². The first-order valence-electron chi connectivity index (χ1n) is 7.14. The average molecular weight is 374 g/mol. The third-order valence-corrected chi connectivity index (χ3v) is 4.13. The van der Waals surface area contributed by atoms with Crippen LogP contribution in [0.2, 0.25) is 5.02 Å². The molecule has 8 heteroatoms. The number of nitrogens with one attached hydrogen (secondary N) is 1. The number of halogens is 4. The first kappa shape index (κ1) is 18.6. The van der Waals surface area contributed by atoms with Crippen molar-refractivity contribution < 1.29 is 13.6 Å². The van der Waals surface area contributed by atoms with Crippen LogP contribution >= 0.6 is 24.0 Å². The van der Waals surface area contributed by atoms with Crippen LogP contribution < -0.4 is 5.32 Å². The van der Waals surface area contributed by atoms with Crippen LogP contribution in [0.4, 0.5) is 8.78 Å². The van der Waals surface area contributed by atoms with Gasteiger partial charge >= 0.3 is 0 Å². The summed E-state index contributed by atoms with van der Waals surface area (Å²) in [6, 6.07) is 5.09. The molecule has 1 aromatic heterocycles. The summed E-state index contributed by atoms with van der Waals surface area (Å²) in [5.74, 6) is -2.59. The molecule has 1 amide bonds. The second-order valence-electron chi connectivity index (χ2n) is 5.25. The Labute approximate surface area is 149 Å². The molecule has 3 rings (SSSR count). The summed E-state index contributed by atoms with van der Waals surface area (Å²) in [4.78, 5) is 18.4. The van der Waals surface area contributed by atoms with Gasteiger partial charge in [-0.15, -0.1) is 12.4 Å². The minimum absolute atomic E-state index is 0. The number of hydrogen-bond donors (Lipinski definition) is 1. The number of carbonyl (C=O) groups is 1. The minimum atomic E-state index is -1.09. The van der Waals surface area contributed by atoms with E-state index in [0.29, 0.717) is 19.6 Å². The molecular formula is C16H15Cl2F2N3O. The van der Waals surface area contributed by atoms with Crippen LogP contribution in [0.15, 0.2) is 36.7 Å². The van der Waals surface area contributed by atoms with Gasteiger partial charge < -0.3 is 10.2 Å². The Morgan fingerprint density at radius 3 is 2.79 bits per heavy atom. The van der Waals surface area contributed by atoms with Gasteiger partial charge in [0.2, 0.25) is 0 Å². The van der Waals surface area contributed by atoms with E-state index in [1.807, 2.05) is 6.07 Å². The van der Waals surface area contributed by atoms with Gasteiger partial charge in [0.25, 0.3) is 5.91 Å². The van der Waals surface area contributed by atoms with Gasteiger partial charge in [-0.2, -0.15) is 0 Å². The molecular weight excluding hydrogens is 359 g/mol. The molecule has 0 bridgehead atoms. The van der Waals surface area contributed by atoms with Gasteiger partial charge in [-0.25, -0.2) is 8.78 Å². The topological polar surface area (TPSA) is 45.2 Å². The molecule has 2 heterocycles. The van der Waals surface area contributed by atoms with Gasteiger partial charge in [0.1, 0.15) is 0 Å². The number of aromatic nitrogens is 1. The van der Waals surface area contributed by atoms with Crippen LogP contribution in [-0.4, -0.2) is 35.4 Å². The maximum Gasteiger partial charge on any atom is 0.256 e. The lowest BCUT2D eigenvalue weighted by Crippen LogP contribution is -2.48. The van der Waals surface area contributed by atoms with Crippen LogP contribution in [-0.2, 0) is 0 Å². The fraction of sp³-hybridized carbons (Fsp3) is 0.250. The summed E-state index contributed by atoms with van der Waals surface area (Å²) in [7, 11) is 0. The van der Waals surface area contributed by atoms with Crippen LogP contribution in [0.5, 0.6) is 0 Å². The second kappa shape index (κ2) is 7.88. The lowest BCUT2D eigenvalue weighted by molar-refractivity contribution is 0.0633. The van der Waals surface area contributed by atoms with E-state index in [1.54, 1.807) is 23.4 Å². The van der Waals surface area contributed by atoms with E-state index < -0.39 is 17.5 Å². The molecule has 1 aliphatic rings. The highest BCUT2D eigenvalue weighted by Crippen LogP contribution is 2.27. The molecule has 0 spiro atoms. The molecule has 0 aliphatic carbocycles. The monoisotopic (exact) mass is 373 g/mol. The SMILES string of the molecule is Cl.O=C(c1cc(F)c(F)cc1Cl)N1CCNCC1c1cccnc1. The van der Waals surface area contributed by atoms with Crippen molar-refractivity contribution >= 4 is 29.9 Å². The Morgan fingerprint density at radius 2 is 2.08 bits per heavy atom. The summed E-state index contributed by atoms with van der Waals surface area (Å²) < 4.78 is 26.7. The summed E-state index contributed by atoms with van der Waals surface area (Å²) >= 11 is 5.93. The number of hydrogen-bond acceptors (Lipinski definition) is 3.